The van der Waals surface area contributed by atoms with Crippen molar-refractivity contribution in [2.45, 2.75) is 122 Å². The highest BCUT2D eigenvalue weighted by Crippen LogP contribution is 2.53. The largest absolute Gasteiger partial charge is 0.0654 e. The summed E-state index contributed by atoms with van der Waals surface area (Å²) in [6, 6.07) is 0. The second-order valence-electron chi connectivity index (χ2n) is 9.49. The highest BCUT2D eigenvalue weighted by Gasteiger charge is 2.41. The van der Waals surface area contributed by atoms with Crippen molar-refractivity contribution in [1.82, 2.24) is 0 Å². The van der Waals surface area contributed by atoms with Crippen LogP contribution in [0.15, 0.2) is 0 Å². The van der Waals surface area contributed by atoms with E-state index in [1.165, 1.54) is 44.9 Å². The maximum Gasteiger partial charge on any atom is -0.0267 e. The van der Waals surface area contributed by atoms with Crippen molar-refractivity contribution in [1.29, 1.82) is 0 Å². The average molecular weight is 319 g/mol. The lowest BCUT2D eigenvalue weighted by Crippen LogP contribution is -2.37. The van der Waals surface area contributed by atoms with Gasteiger partial charge in [-0.15, -0.1) is 0 Å². The highest BCUT2D eigenvalue weighted by molar-refractivity contribution is 4.92. The molecule has 0 aromatic heterocycles. The summed E-state index contributed by atoms with van der Waals surface area (Å²) in [5.74, 6) is 3.28. The molecule has 0 bridgehead atoms. The zero-order valence-corrected chi connectivity index (χ0v) is 16.0. The van der Waals surface area contributed by atoms with Crippen LogP contribution in [-0.4, -0.2) is 0 Å². The molecule has 0 saturated heterocycles. The van der Waals surface area contributed by atoms with Gasteiger partial charge in [0, 0.05) is 0 Å². The first-order valence-corrected chi connectivity index (χ1v) is 11.3. The van der Waals surface area contributed by atoms with E-state index in [0.29, 0.717) is 0 Å². The molecule has 0 aromatic rings. The highest BCUT2D eigenvalue weighted by atomic mass is 14.5. The van der Waals surface area contributed by atoms with E-state index in [9.17, 15) is 0 Å². The van der Waals surface area contributed by atoms with Crippen LogP contribution in [0.2, 0.25) is 0 Å². The Morgan fingerprint density at radius 3 is 1.96 bits per heavy atom. The van der Waals surface area contributed by atoms with E-state index < -0.39 is 0 Å². The molecule has 0 nitrogen and oxygen atoms in total. The van der Waals surface area contributed by atoms with Crippen LogP contribution in [0.25, 0.3) is 0 Å². The molecule has 0 aliphatic heterocycles. The lowest BCUT2D eigenvalue weighted by Gasteiger charge is -2.48. The fourth-order valence-corrected chi connectivity index (χ4v) is 6.54. The number of hydrogen-bond donors (Lipinski definition) is 0. The maximum atomic E-state index is 2.35. The van der Waals surface area contributed by atoms with Crippen LogP contribution in [0.5, 0.6) is 0 Å². The van der Waals surface area contributed by atoms with E-state index in [1.54, 1.807) is 70.6 Å². The van der Waals surface area contributed by atoms with Crippen LogP contribution < -0.4 is 0 Å². The van der Waals surface area contributed by atoms with Gasteiger partial charge in [0.1, 0.15) is 0 Å². The van der Waals surface area contributed by atoms with Gasteiger partial charge in [-0.2, -0.15) is 0 Å². The molecule has 3 aliphatic rings. The minimum absolute atomic E-state index is 0.791. The monoisotopic (exact) mass is 318 g/mol. The normalized spacial score (nSPS) is 32.7. The van der Waals surface area contributed by atoms with Gasteiger partial charge in [0.15, 0.2) is 0 Å². The molecular weight excluding hydrogens is 276 g/mol. The molecular formula is C23H42. The number of unbranched alkanes of at least 4 members (excludes halogenated alkanes) is 1. The van der Waals surface area contributed by atoms with E-state index >= 15 is 0 Å². The smallest absolute Gasteiger partial charge is 0.0267 e. The zero-order chi connectivity index (χ0) is 16.0. The van der Waals surface area contributed by atoms with Gasteiger partial charge < -0.3 is 0 Å². The standard InChI is InChI=1S/C23H42/c1-2-3-10-20-13-15-21(16-14-20)19-23(17-8-5-9-18-23)22-11-6-4-7-12-22/h20-22H,2-19H2,1H3. The van der Waals surface area contributed by atoms with Gasteiger partial charge in [-0.1, -0.05) is 90.4 Å². The average Bonchev–Trinajstić information content (AvgIpc) is 2.63. The van der Waals surface area contributed by atoms with Gasteiger partial charge in [0.05, 0.1) is 0 Å². The van der Waals surface area contributed by atoms with Crippen molar-refractivity contribution < 1.29 is 0 Å². The van der Waals surface area contributed by atoms with Crippen molar-refractivity contribution in [2.24, 2.45) is 23.2 Å². The fraction of sp³-hybridized carbons (Fsp3) is 1.00. The second-order valence-corrected chi connectivity index (χ2v) is 9.49. The lowest BCUT2D eigenvalue weighted by molar-refractivity contribution is 0.0295. The molecule has 3 fully saturated rings. The van der Waals surface area contributed by atoms with Gasteiger partial charge in [-0.3, -0.25) is 0 Å². The molecule has 0 radical (unpaired) electrons. The van der Waals surface area contributed by atoms with Crippen molar-refractivity contribution in [3.05, 3.63) is 0 Å². The molecule has 0 N–H and O–H groups in total. The van der Waals surface area contributed by atoms with E-state index in [0.717, 1.165) is 23.2 Å². The first-order chi connectivity index (χ1) is 11.3. The van der Waals surface area contributed by atoms with Gasteiger partial charge in [0.25, 0.3) is 0 Å². The van der Waals surface area contributed by atoms with Gasteiger partial charge in [-0.05, 0) is 55.3 Å². The van der Waals surface area contributed by atoms with Crippen LogP contribution in [-0.2, 0) is 0 Å². The molecule has 23 heavy (non-hydrogen) atoms. The molecule has 0 heterocycles. The van der Waals surface area contributed by atoms with Crippen LogP contribution in [0, 0.1) is 23.2 Å². The predicted octanol–water partition coefficient (Wildman–Crippen LogP) is 7.90. The number of hydrogen-bond acceptors (Lipinski definition) is 0. The Morgan fingerprint density at radius 2 is 1.30 bits per heavy atom. The Bertz CT molecular complexity index is 311. The van der Waals surface area contributed by atoms with Gasteiger partial charge in [0.2, 0.25) is 0 Å². The van der Waals surface area contributed by atoms with Crippen LogP contribution in [0.4, 0.5) is 0 Å². The second kappa shape index (κ2) is 8.91. The lowest BCUT2D eigenvalue weighted by atomic mass is 9.57. The summed E-state index contributed by atoms with van der Waals surface area (Å²) in [7, 11) is 0. The van der Waals surface area contributed by atoms with Crippen molar-refractivity contribution in [3.8, 4) is 0 Å². The summed E-state index contributed by atoms with van der Waals surface area (Å²) in [6.07, 6.45) is 27.8. The SMILES string of the molecule is CCCCC1CCC(CC2(C3CCCCC3)CCCCC2)CC1. The summed E-state index contributed by atoms with van der Waals surface area (Å²) in [5.41, 5.74) is 0.791. The Hall–Kier alpha value is 0. The Balaban J connectivity index is 1.54. The predicted molar refractivity (Wildman–Crippen MR) is 102 cm³/mol. The fourth-order valence-electron chi connectivity index (χ4n) is 6.54. The van der Waals surface area contributed by atoms with Crippen molar-refractivity contribution in [3.63, 3.8) is 0 Å². The molecule has 3 aliphatic carbocycles. The molecule has 0 spiro atoms. The Morgan fingerprint density at radius 1 is 0.696 bits per heavy atom. The van der Waals surface area contributed by atoms with Crippen LogP contribution in [0.3, 0.4) is 0 Å². The third kappa shape index (κ3) is 4.76. The van der Waals surface area contributed by atoms with E-state index in [1.807, 2.05) is 0 Å². The first kappa shape index (κ1) is 17.8. The van der Waals surface area contributed by atoms with Crippen molar-refractivity contribution >= 4 is 0 Å². The van der Waals surface area contributed by atoms with E-state index in [-0.39, 0.29) is 0 Å². The van der Waals surface area contributed by atoms with Gasteiger partial charge >= 0.3 is 0 Å². The zero-order valence-electron chi connectivity index (χ0n) is 16.0. The number of rotatable bonds is 6. The quantitative estimate of drug-likeness (QED) is 0.467. The molecule has 3 rings (SSSR count). The summed E-state index contributed by atoms with van der Waals surface area (Å²) >= 11 is 0. The Labute approximate surface area is 146 Å². The van der Waals surface area contributed by atoms with Crippen LogP contribution in [0.1, 0.15) is 122 Å². The summed E-state index contributed by atoms with van der Waals surface area (Å²) in [5, 5.41) is 0. The molecule has 0 heteroatoms. The summed E-state index contributed by atoms with van der Waals surface area (Å²) < 4.78 is 0. The first-order valence-electron chi connectivity index (χ1n) is 11.3. The minimum Gasteiger partial charge on any atom is -0.0654 e. The molecule has 0 unspecified atom stereocenters. The summed E-state index contributed by atoms with van der Waals surface area (Å²) in [6.45, 7) is 2.35. The molecule has 3 saturated carbocycles. The third-order valence-corrected chi connectivity index (χ3v) is 7.95. The van der Waals surface area contributed by atoms with Crippen LogP contribution >= 0.6 is 0 Å². The van der Waals surface area contributed by atoms with E-state index in [2.05, 4.69) is 6.92 Å². The summed E-state index contributed by atoms with van der Waals surface area (Å²) in [4.78, 5) is 0. The topological polar surface area (TPSA) is 0 Å². The van der Waals surface area contributed by atoms with Gasteiger partial charge in [-0.25, -0.2) is 0 Å². The Kier molecular flexibility index (Phi) is 6.90. The minimum atomic E-state index is 0.791. The maximum absolute atomic E-state index is 2.35. The molecule has 0 aromatic carbocycles. The van der Waals surface area contributed by atoms with E-state index in [4.69, 9.17) is 0 Å². The third-order valence-electron chi connectivity index (χ3n) is 7.95. The molecule has 134 valence electrons. The van der Waals surface area contributed by atoms with Crippen molar-refractivity contribution in [2.75, 3.05) is 0 Å². The molecule has 0 amide bonds. The molecule has 0 atom stereocenters.